The average Bonchev–Trinajstić information content (AvgIpc) is 3.27. The number of hydrogen-bond acceptors (Lipinski definition) is 6. The first-order chi connectivity index (χ1) is 13.2. The Morgan fingerprint density at radius 2 is 2.15 bits per heavy atom. The molecule has 1 aromatic carbocycles. The van der Waals surface area contributed by atoms with Gasteiger partial charge in [-0.1, -0.05) is 66.8 Å². The number of unbranched alkanes of at least 4 members (excludes halogenated alkanes) is 1. The van der Waals surface area contributed by atoms with Crippen LogP contribution in [0.1, 0.15) is 31.7 Å². The first-order valence-electron chi connectivity index (χ1n) is 9.24. The first kappa shape index (κ1) is 19.8. The summed E-state index contributed by atoms with van der Waals surface area (Å²) < 4.78 is 0.866. The minimum atomic E-state index is -0.326. The van der Waals surface area contributed by atoms with Crippen LogP contribution in [0.5, 0.6) is 0 Å². The zero-order valence-corrected chi connectivity index (χ0v) is 17.0. The Labute approximate surface area is 167 Å². The number of carbonyl (C=O) groups is 2. The number of amides is 2. The molecule has 3 rings (SSSR count). The maximum Gasteiger partial charge on any atom is 0.231 e. The van der Waals surface area contributed by atoms with Crippen molar-refractivity contribution in [3.05, 3.63) is 35.9 Å². The molecule has 1 aliphatic rings. The lowest BCUT2D eigenvalue weighted by Gasteiger charge is -2.16. The van der Waals surface area contributed by atoms with Gasteiger partial charge in [0, 0.05) is 25.3 Å². The van der Waals surface area contributed by atoms with E-state index in [9.17, 15) is 9.59 Å². The molecule has 0 saturated carbocycles. The molecule has 1 aliphatic heterocycles. The monoisotopic (exact) mass is 404 g/mol. The molecule has 1 fully saturated rings. The highest BCUT2D eigenvalue weighted by atomic mass is 32.2. The average molecular weight is 405 g/mol. The number of anilines is 1. The van der Waals surface area contributed by atoms with E-state index in [0.29, 0.717) is 18.2 Å². The second-order valence-corrected chi connectivity index (χ2v) is 8.86. The predicted octanol–water partition coefficient (Wildman–Crippen LogP) is 3.46. The fourth-order valence-corrected chi connectivity index (χ4v) is 4.81. The fraction of sp³-hybridized carbons (Fsp3) is 0.474. The van der Waals surface area contributed by atoms with E-state index >= 15 is 0 Å². The van der Waals surface area contributed by atoms with Crippen LogP contribution in [0.4, 0.5) is 5.13 Å². The van der Waals surface area contributed by atoms with E-state index in [2.05, 4.69) is 34.6 Å². The number of nitrogens with zero attached hydrogens (tertiary/aromatic N) is 3. The Balaban J connectivity index is 1.47. The molecule has 1 unspecified atom stereocenters. The maximum atomic E-state index is 12.5. The molecule has 1 saturated heterocycles. The topological polar surface area (TPSA) is 75.2 Å². The molecule has 0 bridgehead atoms. The number of nitrogens with one attached hydrogen (secondary N) is 1. The first-order valence-corrected chi connectivity index (χ1v) is 11.0. The molecule has 0 aliphatic carbocycles. The Bertz CT molecular complexity index is 766. The molecular formula is C19H24N4O2S2. The van der Waals surface area contributed by atoms with Crippen LogP contribution in [0.2, 0.25) is 0 Å². The van der Waals surface area contributed by atoms with Crippen molar-refractivity contribution in [2.75, 3.05) is 24.2 Å². The molecule has 0 radical (unpaired) electrons. The molecule has 1 atom stereocenters. The van der Waals surface area contributed by atoms with Gasteiger partial charge in [-0.05, 0) is 18.4 Å². The second kappa shape index (κ2) is 9.85. The third-order valence-electron chi connectivity index (χ3n) is 4.46. The van der Waals surface area contributed by atoms with E-state index in [1.54, 1.807) is 16.7 Å². The van der Waals surface area contributed by atoms with Gasteiger partial charge in [0.1, 0.15) is 0 Å². The normalized spacial score (nSPS) is 16.7. The van der Waals surface area contributed by atoms with Crippen molar-refractivity contribution in [3.8, 4) is 0 Å². The van der Waals surface area contributed by atoms with Crippen molar-refractivity contribution >= 4 is 40.0 Å². The minimum absolute atomic E-state index is 0.0409. The van der Waals surface area contributed by atoms with Crippen LogP contribution in [0.15, 0.2) is 34.7 Å². The molecule has 2 amide bonds. The fourth-order valence-electron chi connectivity index (χ4n) is 2.90. The van der Waals surface area contributed by atoms with Crippen molar-refractivity contribution in [1.29, 1.82) is 0 Å². The van der Waals surface area contributed by atoms with Crippen LogP contribution in [0, 0.1) is 5.92 Å². The summed E-state index contributed by atoms with van der Waals surface area (Å²) >= 11 is 3.05. The van der Waals surface area contributed by atoms with Crippen LogP contribution >= 0.6 is 23.1 Å². The number of hydrogen-bond donors (Lipinski definition) is 1. The van der Waals surface area contributed by atoms with Crippen molar-refractivity contribution in [2.45, 2.75) is 36.9 Å². The van der Waals surface area contributed by atoms with Gasteiger partial charge in [-0.2, -0.15) is 0 Å². The molecule has 1 N–H and O–H groups in total. The Kier molecular flexibility index (Phi) is 7.23. The summed E-state index contributed by atoms with van der Waals surface area (Å²) in [5.74, 6) is 0.575. The lowest BCUT2D eigenvalue weighted by molar-refractivity contribution is -0.128. The number of carbonyl (C=O) groups excluding carboxylic acids is 2. The molecule has 27 heavy (non-hydrogen) atoms. The summed E-state index contributed by atoms with van der Waals surface area (Å²) in [7, 11) is 0. The van der Waals surface area contributed by atoms with Crippen LogP contribution in [-0.2, 0) is 16.0 Å². The second-order valence-electron chi connectivity index (χ2n) is 6.54. The summed E-state index contributed by atoms with van der Waals surface area (Å²) in [4.78, 5) is 26.5. The zero-order valence-electron chi connectivity index (χ0n) is 15.4. The molecule has 8 heteroatoms. The van der Waals surface area contributed by atoms with Gasteiger partial charge in [0.15, 0.2) is 4.34 Å². The minimum Gasteiger partial charge on any atom is -0.342 e. The highest BCUT2D eigenvalue weighted by Crippen LogP contribution is 2.27. The number of thioether (sulfide) groups is 1. The molecular weight excluding hydrogens is 380 g/mol. The molecule has 1 aromatic heterocycles. The van der Waals surface area contributed by atoms with Gasteiger partial charge in [-0.3, -0.25) is 9.59 Å². The van der Waals surface area contributed by atoms with Gasteiger partial charge < -0.3 is 10.2 Å². The van der Waals surface area contributed by atoms with E-state index in [0.717, 1.165) is 29.4 Å². The predicted molar refractivity (Wildman–Crippen MR) is 109 cm³/mol. The van der Waals surface area contributed by atoms with Gasteiger partial charge in [0.05, 0.1) is 5.92 Å². The zero-order chi connectivity index (χ0) is 19.1. The van der Waals surface area contributed by atoms with E-state index in [4.69, 9.17) is 0 Å². The number of benzene rings is 1. The SMILES string of the molecule is CCCCSc1nnc(NC(=O)C2CC(=O)N(CCc3ccccc3)C2)s1. The van der Waals surface area contributed by atoms with Crippen molar-refractivity contribution in [3.63, 3.8) is 0 Å². The van der Waals surface area contributed by atoms with Crippen molar-refractivity contribution in [2.24, 2.45) is 5.92 Å². The molecule has 144 valence electrons. The summed E-state index contributed by atoms with van der Waals surface area (Å²) in [5.41, 5.74) is 1.19. The van der Waals surface area contributed by atoms with Gasteiger partial charge >= 0.3 is 0 Å². The maximum absolute atomic E-state index is 12.5. The van der Waals surface area contributed by atoms with Crippen LogP contribution < -0.4 is 5.32 Å². The quantitative estimate of drug-likeness (QED) is 0.394. The molecule has 6 nitrogen and oxygen atoms in total. The Hall–Kier alpha value is -1.93. The number of rotatable bonds is 9. The van der Waals surface area contributed by atoms with Gasteiger partial charge in [-0.25, -0.2) is 0 Å². The summed E-state index contributed by atoms with van der Waals surface area (Å²) in [5, 5.41) is 11.5. The molecule has 2 heterocycles. The third-order valence-corrected chi connectivity index (χ3v) is 6.52. The number of aromatic nitrogens is 2. The van der Waals surface area contributed by atoms with E-state index in [-0.39, 0.29) is 24.2 Å². The molecule has 2 aromatic rings. The van der Waals surface area contributed by atoms with Gasteiger partial charge in [0.25, 0.3) is 0 Å². The lowest BCUT2D eigenvalue weighted by atomic mass is 10.1. The molecule has 0 spiro atoms. The van der Waals surface area contributed by atoms with Gasteiger partial charge in [-0.15, -0.1) is 10.2 Å². The van der Waals surface area contributed by atoms with Crippen molar-refractivity contribution < 1.29 is 9.59 Å². The van der Waals surface area contributed by atoms with Gasteiger partial charge in [0.2, 0.25) is 16.9 Å². The highest BCUT2D eigenvalue weighted by molar-refractivity contribution is 8.01. The number of likely N-dealkylation sites (tertiary alicyclic amines) is 1. The third kappa shape index (κ3) is 5.77. The standard InChI is InChI=1S/C19H24N4O2S2/c1-2-3-11-26-19-22-21-18(27-19)20-17(25)15-12-16(24)23(13-15)10-9-14-7-5-4-6-8-14/h4-8,15H,2-3,9-13H2,1H3,(H,20,21,25). The highest BCUT2D eigenvalue weighted by Gasteiger charge is 2.34. The largest absolute Gasteiger partial charge is 0.342 e. The summed E-state index contributed by atoms with van der Waals surface area (Å²) in [6.07, 6.45) is 3.34. The van der Waals surface area contributed by atoms with E-state index < -0.39 is 0 Å². The van der Waals surface area contributed by atoms with Crippen LogP contribution in [-0.4, -0.2) is 45.8 Å². The van der Waals surface area contributed by atoms with Crippen LogP contribution in [0.25, 0.3) is 0 Å². The van der Waals surface area contributed by atoms with E-state index in [1.807, 2.05) is 18.2 Å². The smallest absolute Gasteiger partial charge is 0.231 e. The van der Waals surface area contributed by atoms with E-state index in [1.165, 1.54) is 16.9 Å². The lowest BCUT2D eigenvalue weighted by Crippen LogP contribution is -2.30. The van der Waals surface area contributed by atoms with Crippen molar-refractivity contribution in [1.82, 2.24) is 15.1 Å². The Morgan fingerprint density at radius 1 is 1.33 bits per heavy atom. The van der Waals surface area contributed by atoms with Crippen LogP contribution in [0.3, 0.4) is 0 Å². The summed E-state index contributed by atoms with van der Waals surface area (Å²) in [6, 6.07) is 10.1. The Morgan fingerprint density at radius 3 is 2.93 bits per heavy atom. The summed E-state index contributed by atoms with van der Waals surface area (Å²) in [6.45, 7) is 3.26.